The lowest BCUT2D eigenvalue weighted by Crippen LogP contribution is -2.20. The minimum absolute atomic E-state index is 0.321. The molecule has 1 heterocycles. The lowest BCUT2D eigenvalue weighted by molar-refractivity contribution is 0.528. The largest absolute Gasteiger partial charge is 0.369 e. The van der Waals surface area contributed by atoms with E-state index in [0.29, 0.717) is 11.6 Å². The summed E-state index contributed by atoms with van der Waals surface area (Å²) >= 11 is 0. The molecule has 1 aromatic carbocycles. The van der Waals surface area contributed by atoms with Gasteiger partial charge in [-0.15, -0.1) is 0 Å². The molecule has 16 heavy (non-hydrogen) atoms. The molecular formula is C13H17F2N. The number of hydrogen-bond donors (Lipinski definition) is 0. The molecule has 1 atom stereocenters. The number of hydrogen-bond acceptors (Lipinski definition) is 1. The number of anilines is 1. The Morgan fingerprint density at radius 1 is 1.38 bits per heavy atom. The summed E-state index contributed by atoms with van der Waals surface area (Å²) in [4.78, 5) is 1.96. The van der Waals surface area contributed by atoms with E-state index in [9.17, 15) is 8.78 Å². The van der Waals surface area contributed by atoms with Crippen LogP contribution in [0.3, 0.4) is 0 Å². The standard InChI is InChI=1S/C13H17F2N/c1-2-3-10-6-7-16(9-10)13-8-11(14)4-5-12(13)15/h4-5,8,10H,2-3,6-7,9H2,1H3. The van der Waals surface area contributed by atoms with E-state index in [4.69, 9.17) is 0 Å². The van der Waals surface area contributed by atoms with Crippen LogP contribution in [0.15, 0.2) is 18.2 Å². The Morgan fingerprint density at radius 3 is 2.94 bits per heavy atom. The van der Waals surface area contributed by atoms with Crippen LogP contribution in [0, 0.1) is 17.6 Å². The van der Waals surface area contributed by atoms with Crippen molar-refractivity contribution in [1.29, 1.82) is 0 Å². The Hall–Kier alpha value is -1.12. The van der Waals surface area contributed by atoms with Crippen LogP contribution in [0.5, 0.6) is 0 Å². The van der Waals surface area contributed by atoms with Gasteiger partial charge in [0.1, 0.15) is 11.6 Å². The SMILES string of the molecule is CCCC1CCN(c2cc(F)ccc2F)C1. The van der Waals surface area contributed by atoms with Crippen LogP contribution in [-0.2, 0) is 0 Å². The van der Waals surface area contributed by atoms with Gasteiger partial charge in [0.05, 0.1) is 5.69 Å². The third kappa shape index (κ3) is 2.34. The van der Waals surface area contributed by atoms with Gasteiger partial charge in [0.25, 0.3) is 0 Å². The maximum atomic E-state index is 13.5. The third-order valence-electron chi connectivity index (χ3n) is 3.23. The van der Waals surface area contributed by atoms with Crippen LogP contribution in [0.25, 0.3) is 0 Å². The highest BCUT2D eigenvalue weighted by Crippen LogP contribution is 2.28. The van der Waals surface area contributed by atoms with Crippen molar-refractivity contribution in [1.82, 2.24) is 0 Å². The monoisotopic (exact) mass is 225 g/mol. The molecule has 0 aliphatic carbocycles. The van der Waals surface area contributed by atoms with Crippen molar-refractivity contribution in [3.8, 4) is 0 Å². The minimum atomic E-state index is -0.365. The molecule has 0 amide bonds. The molecule has 1 aliphatic heterocycles. The van der Waals surface area contributed by atoms with Crippen LogP contribution in [0.1, 0.15) is 26.2 Å². The molecular weight excluding hydrogens is 208 g/mol. The minimum Gasteiger partial charge on any atom is -0.369 e. The summed E-state index contributed by atoms with van der Waals surface area (Å²) in [5, 5.41) is 0. The fraction of sp³-hybridized carbons (Fsp3) is 0.538. The quantitative estimate of drug-likeness (QED) is 0.759. The highest BCUT2D eigenvalue weighted by Gasteiger charge is 2.23. The molecule has 0 N–H and O–H groups in total. The molecule has 1 saturated heterocycles. The molecule has 0 aromatic heterocycles. The number of rotatable bonds is 3. The predicted molar refractivity (Wildman–Crippen MR) is 61.6 cm³/mol. The van der Waals surface area contributed by atoms with E-state index in [1.54, 1.807) is 0 Å². The molecule has 0 radical (unpaired) electrons. The van der Waals surface area contributed by atoms with E-state index in [-0.39, 0.29) is 11.6 Å². The highest BCUT2D eigenvalue weighted by atomic mass is 19.1. The first-order chi connectivity index (χ1) is 7.70. The highest BCUT2D eigenvalue weighted by molar-refractivity contribution is 5.48. The van der Waals surface area contributed by atoms with Crippen LogP contribution in [0.4, 0.5) is 14.5 Å². The van der Waals surface area contributed by atoms with Crippen molar-refractivity contribution >= 4 is 5.69 Å². The maximum Gasteiger partial charge on any atom is 0.146 e. The number of benzene rings is 1. The van der Waals surface area contributed by atoms with Crippen molar-refractivity contribution in [2.24, 2.45) is 5.92 Å². The zero-order chi connectivity index (χ0) is 11.5. The van der Waals surface area contributed by atoms with E-state index in [2.05, 4.69) is 6.92 Å². The summed E-state index contributed by atoms with van der Waals surface area (Å²) in [6, 6.07) is 3.67. The molecule has 1 fully saturated rings. The first-order valence-corrected chi connectivity index (χ1v) is 5.90. The third-order valence-corrected chi connectivity index (χ3v) is 3.23. The molecule has 3 heteroatoms. The second-order valence-electron chi connectivity index (χ2n) is 4.49. The Kier molecular flexibility index (Phi) is 3.42. The first-order valence-electron chi connectivity index (χ1n) is 5.90. The van der Waals surface area contributed by atoms with Gasteiger partial charge < -0.3 is 4.90 Å². The van der Waals surface area contributed by atoms with Gasteiger partial charge in [-0.3, -0.25) is 0 Å². The Labute approximate surface area is 95.1 Å². The Balaban J connectivity index is 2.11. The maximum absolute atomic E-state index is 13.5. The van der Waals surface area contributed by atoms with Gasteiger partial charge in [0.2, 0.25) is 0 Å². The van der Waals surface area contributed by atoms with Crippen molar-refractivity contribution in [3.63, 3.8) is 0 Å². The molecule has 1 nitrogen and oxygen atoms in total. The molecule has 0 saturated carbocycles. The van der Waals surface area contributed by atoms with Gasteiger partial charge in [-0.25, -0.2) is 8.78 Å². The van der Waals surface area contributed by atoms with E-state index < -0.39 is 0 Å². The van der Waals surface area contributed by atoms with Crippen LogP contribution in [0.2, 0.25) is 0 Å². The van der Waals surface area contributed by atoms with Crippen LogP contribution < -0.4 is 4.90 Å². The fourth-order valence-corrected chi connectivity index (χ4v) is 2.42. The summed E-state index contributed by atoms with van der Waals surface area (Å²) in [7, 11) is 0. The topological polar surface area (TPSA) is 3.24 Å². The molecule has 0 spiro atoms. The van der Waals surface area contributed by atoms with Gasteiger partial charge in [0, 0.05) is 19.2 Å². The first kappa shape index (κ1) is 11.4. The lowest BCUT2D eigenvalue weighted by Gasteiger charge is -2.19. The van der Waals surface area contributed by atoms with Gasteiger partial charge in [0.15, 0.2) is 0 Å². The molecule has 0 bridgehead atoms. The summed E-state index contributed by atoms with van der Waals surface area (Å²) < 4.78 is 26.6. The van der Waals surface area contributed by atoms with E-state index >= 15 is 0 Å². The van der Waals surface area contributed by atoms with Crippen molar-refractivity contribution in [3.05, 3.63) is 29.8 Å². The molecule has 1 aromatic rings. The predicted octanol–water partition coefficient (Wildman–Crippen LogP) is 3.59. The van der Waals surface area contributed by atoms with Crippen LogP contribution >= 0.6 is 0 Å². The number of halogens is 2. The van der Waals surface area contributed by atoms with Crippen molar-refractivity contribution in [2.45, 2.75) is 26.2 Å². The Bertz CT molecular complexity index is 365. The average Bonchev–Trinajstić information content (AvgIpc) is 2.71. The number of nitrogens with zero attached hydrogens (tertiary/aromatic N) is 1. The van der Waals surface area contributed by atoms with E-state index in [0.717, 1.165) is 25.9 Å². The normalized spacial score (nSPS) is 20.4. The zero-order valence-corrected chi connectivity index (χ0v) is 9.55. The summed E-state index contributed by atoms with van der Waals surface area (Å²) in [6.07, 6.45) is 3.42. The lowest BCUT2D eigenvalue weighted by atomic mass is 10.0. The zero-order valence-electron chi connectivity index (χ0n) is 9.55. The van der Waals surface area contributed by atoms with E-state index in [1.807, 2.05) is 4.90 Å². The van der Waals surface area contributed by atoms with Crippen molar-refractivity contribution < 1.29 is 8.78 Å². The van der Waals surface area contributed by atoms with Crippen molar-refractivity contribution in [2.75, 3.05) is 18.0 Å². The van der Waals surface area contributed by atoms with E-state index in [1.165, 1.54) is 24.6 Å². The average molecular weight is 225 g/mol. The summed E-state index contributed by atoms with van der Waals surface area (Å²) in [5.41, 5.74) is 0.415. The molecule has 88 valence electrons. The van der Waals surface area contributed by atoms with Gasteiger partial charge in [-0.05, 0) is 30.9 Å². The molecule has 1 aliphatic rings. The summed E-state index contributed by atoms with van der Waals surface area (Å²) in [6.45, 7) is 3.85. The summed E-state index contributed by atoms with van der Waals surface area (Å²) in [5.74, 6) is -0.0541. The molecule has 1 unspecified atom stereocenters. The second kappa shape index (κ2) is 4.81. The Morgan fingerprint density at radius 2 is 2.19 bits per heavy atom. The smallest absolute Gasteiger partial charge is 0.146 e. The van der Waals surface area contributed by atoms with Crippen LogP contribution in [-0.4, -0.2) is 13.1 Å². The van der Waals surface area contributed by atoms with Gasteiger partial charge in [-0.1, -0.05) is 13.3 Å². The fourth-order valence-electron chi connectivity index (χ4n) is 2.42. The van der Waals surface area contributed by atoms with Gasteiger partial charge >= 0.3 is 0 Å². The molecule has 2 rings (SSSR count). The van der Waals surface area contributed by atoms with Gasteiger partial charge in [-0.2, -0.15) is 0 Å². The second-order valence-corrected chi connectivity index (χ2v) is 4.49.